The lowest BCUT2D eigenvalue weighted by Gasteiger charge is -2.18. The van der Waals surface area contributed by atoms with E-state index < -0.39 is 0 Å². The van der Waals surface area contributed by atoms with E-state index in [0.29, 0.717) is 5.92 Å². The number of thiazole rings is 1. The predicted molar refractivity (Wildman–Crippen MR) is 62.6 cm³/mol. The molecule has 14 heavy (non-hydrogen) atoms. The highest BCUT2D eigenvalue weighted by molar-refractivity contribution is 7.11. The quantitative estimate of drug-likeness (QED) is 0.832. The maximum Gasteiger partial charge on any atom is 0.110 e. The molecule has 2 nitrogen and oxygen atoms in total. The SMILES string of the molecule is CCC(CC)C(N)c1nc(C)c(C)s1. The van der Waals surface area contributed by atoms with Gasteiger partial charge in [0.2, 0.25) is 0 Å². The van der Waals surface area contributed by atoms with Crippen LogP contribution in [0.3, 0.4) is 0 Å². The third kappa shape index (κ3) is 2.34. The maximum absolute atomic E-state index is 6.19. The molecule has 0 aliphatic carbocycles. The number of aryl methyl sites for hydroxylation is 2. The van der Waals surface area contributed by atoms with Crippen LogP contribution < -0.4 is 5.73 Å². The molecule has 80 valence electrons. The molecule has 1 aromatic heterocycles. The van der Waals surface area contributed by atoms with E-state index in [9.17, 15) is 0 Å². The second-order valence-corrected chi connectivity index (χ2v) is 5.03. The Morgan fingerprint density at radius 3 is 2.21 bits per heavy atom. The Hall–Kier alpha value is -0.410. The highest BCUT2D eigenvalue weighted by atomic mass is 32.1. The van der Waals surface area contributed by atoms with Gasteiger partial charge in [-0.3, -0.25) is 0 Å². The molecule has 0 amide bonds. The molecule has 1 heterocycles. The van der Waals surface area contributed by atoms with Crippen LogP contribution >= 0.6 is 11.3 Å². The van der Waals surface area contributed by atoms with Gasteiger partial charge < -0.3 is 5.73 Å². The van der Waals surface area contributed by atoms with Crippen LogP contribution in [0.4, 0.5) is 0 Å². The van der Waals surface area contributed by atoms with Gasteiger partial charge in [-0.2, -0.15) is 0 Å². The topological polar surface area (TPSA) is 38.9 Å². The van der Waals surface area contributed by atoms with Crippen LogP contribution in [0.1, 0.15) is 48.3 Å². The summed E-state index contributed by atoms with van der Waals surface area (Å²) >= 11 is 1.75. The molecule has 1 atom stereocenters. The van der Waals surface area contributed by atoms with E-state index in [2.05, 4.69) is 32.7 Å². The zero-order valence-corrected chi connectivity index (χ0v) is 10.3. The summed E-state index contributed by atoms with van der Waals surface area (Å²) in [4.78, 5) is 5.81. The van der Waals surface area contributed by atoms with Gasteiger partial charge in [0.15, 0.2) is 0 Å². The Kier molecular flexibility index (Phi) is 4.08. The predicted octanol–water partition coefficient (Wildman–Crippen LogP) is 3.20. The van der Waals surface area contributed by atoms with Crippen molar-refractivity contribution in [3.63, 3.8) is 0 Å². The molecule has 0 fully saturated rings. The van der Waals surface area contributed by atoms with Crippen LogP contribution in [-0.2, 0) is 0 Å². The zero-order chi connectivity index (χ0) is 10.7. The minimum Gasteiger partial charge on any atom is -0.322 e. The lowest BCUT2D eigenvalue weighted by molar-refractivity contribution is 0.404. The van der Waals surface area contributed by atoms with Crippen LogP contribution in [0.15, 0.2) is 0 Å². The number of rotatable bonds is 4. The fraction of sp³-hybridized carbons (Fsp3) is 0.727. The average molecular weight is 212 g/mol. The third-order valence-electron chi connectivity index (χ3n) is 2.89. The Morgan fingerprint density at radius 1 is 1.29 bits per heavy atom. The lowest BCUT2D eigenvalue weighted by atomic mass is 9.95. The first-order chi connectivity index (χ1) is 6.60. The molecule has 0 aromatic carbocycles. The number of nitrogens with two attached hydrogens (primary N) is 1. The van der Waals surface area contributed by atoms with Gasteiger partial charge in [-0.15, -0.1) is 11.3 Å². The van der Waals surface area contributed by atoms with Crippen molar-refractivity contribution in [3.8, 4) is 0 Å². The summed E-state index contributed by atoms with van der Waals surface area (Å²) in [5.41, 5.74) is 7.32. The van der Waals surface area contributed by atoms with Crippen LogP contribution in [0.2, 0.25) is 0 Å². The van der Waals surface area contributed by atoms with Gasteiger partial charge in [-0.05, 0) is 19.8 Å². The van der Waals surface area contributed by atoms with Gasteiger partial charge in [0, 0.05) is 4.88 Å². The first kappa shape index (κ1) is 11.7. The van der Waals surface area contributed by atoms with Crippen molar-refractivity contribution >= 4 is 11.3 Å². The van der Waals surface area contributed by atoms with Gasteiger partial charge in [-0.1, -0.05) is 26.7 Å². The van der Waals surface area contributed by atoms with Crippen molar-refractivity contribution < 1.29 is 0 Å². The second kappa shape index (κ2) is 4.89. The van der Waals surface area contributed by atoms with E-state index >= 15 is 0 Å². The summed E-state index contributed by atoms with van der Waals surface area (Å²) in [7, 11) is 0. The summed E-state index contributed by atoms with van der Waals surface area (Å²) in [6.45, 7) is 8.55. The van der Waals surface area contributed by atoms with Crippen LogP contribution in [0, 0.1) is 19.8 Å². The zero-order valence-electron chi connectivity index (χ0n) is 9.50. The van der Waals surface area contributed by atoms with Crippen LogP contribution in [0.5, 0.6) is 0 Å². The Morgan fingerprint density at radius 2 is 1.86 bits per heavy atom. The van der Waals surface area contributed by atoms with E-state index in [4.69, 9.17) is 5.73 Å². The molecule has 0 aliphatic rings. The van der Waals surface area contributed by atoms with Gasteiger partial charge in [0.05, 0.1) is 11.7 Å². The first-order valence-corrected chi connectivity index (χ1v) is 6.11. The minimum atomic E-state index is 0.127. The standard InChI is InChI=1S/C11H20N2S/c1-5-9(6-2)10(12)11-13-7(3)8(4)14-11/h9-10H,5-6,12H2,1-4H3. The molecular weight excluding hydrogens is 192 g/mol. The van der Waals surface area contributed by atoms with Crippen molar-refractivity contribution in [1.29, 1.82) is 0 Å². The fourth-order valence-corrected chi connectivity index (χ4v) is 2.66. The molecule has 2 N–H and O–H groups in total. The average Bonchev–Trinajstić information content (AvgIpc) is 2.49. The highest BCUT2D eigenvalue weighted by Gasteiger charge is 2.19. The van der Waals surface area contributed by atoms with Crippen molar-refractivity contribution in [3.05, 3.63) is 15.6 Å². The molecule has 0 spiro atoms. The maximum atomic E-state index is 6.19. The summed E-state index contributed by atoms with van der Waals surface area (Å²) in [6.07, 6.45) is 2.27. The van der Waals surface area contributed by atoms with Crippen molar-refractivity contribution in [2.75, 3.05) is 0 Å². The molecule has 0 radical (unpaired) electrons. The van der Waals surface area contributed by atoms with E-state index in [1.807, 2.05) is 0 Å². The molecule has 3 heteroatoms. The van der Waals surface area contributed by atoms with Gasteiger partial charge in [0.25, 0.3) is 0 Å². The lowest BCUT2D eigenvalue weighted by Crippen LogP contribution is -2.20. The van der Waals surface area contributed by atoms with E-state index in [0.717, 1.165) is 23.5 Å². The number of hydrogen-bond donors (Lipinski definition) is 1. The molecule has 0 bridgehead atoms. The Balaban J connectivity index is 2.82. The highest BCUT2D eigenvalue weighted by Crippen LogP contribution is 2.29. The summed E-state index contributed by atoms with van der Waals surface area (Å²) in [5.74, 6) is 0.569. The molecule has 0 aliphatic heterocycles. The summed E-state index contributed by atoms with van der Waals surface area (Å²) < 4.78 is 0. The third-order valence-corrected chi connectivity index (χ3v) is 4.06. The van der Waals surface area contributed by atoms with Crippen molar-refractivity contribution in [2.45, 2.75) is 46.6 Å². The van der Waals surface area contributed by atoms with E-state index in [1.165, 1.54) is 4.88 Å². The van der Waals surface area contributed by atoms with E-state index in [-0.39, 0.29) is 6.04 Å². The molecule has 1 rings (SSSR count). The van der Waals surface area contributed by atoms with Gasteiger partial charge in [0.1, 0.15) is 5.01 Å². The Bertz CT molecular complexity index is 270. The summed E-state index contributed by atoms with van der Waals surface area (Å²) in [5, 5.41) is 1.11. The molecule has 0 saturated heterocycles. The smallest absolute Gasteiger partial charge is 0.110 e. The van der Waals surface area contributed by atoms with Crippen molar-refractivity contribution in [2.24, 2.45) is 11.7 Å². The van der Waals surface area contributed by atoms with Gasteiger partial charge >= 0.3 is 0 Å². The number of nitrogens with zero attached hydrogens (tertiary/aromatic N) is 1. The minimum absolute atomic E-state index is 0.127. The van der Waals surface area contributed by atoms with Gasteiger partial charge in [-0.25, -0.2) is 4.98 Å². The normalized spacial score (nSPS) is 13.6. The second-order valence-electron chi connectivity index (χ2n) is 3.80. The first-order valence-electron chi connectivity index (χ1n) is 5.29. The molecule has 0 saturated carbocycles. The summed E-state index contributed by atoms with van der Waals surface area (Å²) in [6, 6.07) is 0.127. The van der Waals surface area contributed by atoms with Crippen LogP contribution in [-0.4, -0.2) is 4.98 Å². The van der Waals surface area contributed by atoms with Crippen molar-refractivity contribution in [1.82, 2.24) is 4.98 Å². The molecule has 1 unspecified atom stereocenters. The van der Waals surface area contributed by atoms with Crippen LogP contribution in [0.25, 0.3) is 0 Å². The van der Waals surface area contributed by atoms with E-state index in [1.54, 1.807) is 11.3 Å². The monoisotopic (exact) mass is 212 g/mol. The Labute approximate surface area is 90.6 Å². The molecular formula is C11H20N2S. The molecule has 1 aromatic rings. The number of aromatic nitrogens is 1. The number of hydrogen-bond acceptors (Lipinski definition) is 3. The fourth-order valence-electron chi connectivity index (χ4n) is 1.64. The largest absolute Gasteiger partial charge is 0.322 e.